The first-order chi connectivity index (χ1) is 9.02. The molecule has 3 nitrogen and oxygen atoms in total. The summed E-state index contributed by atoms with van der Waals surface area (Å²) in [6.45, 7) is 2.81. The standard InChI is InChI=1S/C15H23BrN2O/c1-2-11-5-7-15(19,8-6-11)10-18-14-9-12(16)3-4-13(14)17/h3-4,9,11,18-19H,2,5-8,10,17H2,1H3. The van der Waals surface area contributed by atoms with Crippen molar-refractivity contribution in [2.75, 3.05) is 17.6 Å². The van der Waals surface area contributed by atoms with E-state index >= 15 is 0 Å². The summed E-state index contributed by atoms with van der Waals surface area (Å²) in [6.07, 6.45) is 5.24. The van der Waals surface area contributed by atoms with Gasteiger partial charge < -0.3 is 16.2 Å². The molecule has 2 rings (SSSR count). The minimum Gasteiger partial charge on any atom is -0.397 e. The Morgan fingerprint density at radius 2 is 2.11 bits per heavy atom. The van der Waals surface area contributed by atoms with Crippen molar-refractivity contribution < 1.29 is 5.11 Å². The summed E-state index contributed by atoms with van der Waals surface area (Å²) < 4.78 is 0.992. The van der Waals surface area contributed by atoms with E-state index in [0.717, 1.165) is 41.8 Å². The van der Waals surface area contributed by atoms with Crippen molar-refractivity contribution in [1.29, 1.82) is 0 Å². The van der Waals surface area contributed by atoms with Crippen LogP contribution in [0.2, 0.25) is 0 Å². The fourth-order valence-electron chi connectivity index (χ4n) is 2.74. The monoisotopic (exact) mass is 326 g/mol. The summed E-state index contributed by atoms with van der Waals surface area (Å²) in [5.41, 5.74) is 6.95. The molecule has 0 bridgehead atoms. The lowest BCUT2D eigenvalue weighted by Gasteiger charge is -2.36. The fourth-order valence-corrected chi connectivity index (χ4v) is 3.10. The predicted molar refractivity (Wildman–Crippen MR) is 84.2 cm³/mol. The molecule has 0 aromatic heterocycles. The highest BCUT2D eigenvalue weighted by Crippen LogP contribution is 2.34. The number of benzene rings is 1. The third-order valence-corrected chi connectivity index (χ3v) is 4.73. The molecule has 1 fully saturated rings. The first-order valence-corrected chi connectivity index (χ1v) is 7.83. The minimum atomic E-state index is -0.583. The maximum atomic E-state index is 10.6. The molecule has 1 aromatic rings. The van der Waals surface area contributed by atoms with E-state index in [1.165, 1.54) is 6.42 Å². The molecule has 0 amide bonds. The molecular weight excluding hydrogens is 304 g/mol. The molecule has 0 unspecified atom stereocenters. The molecule has 4 N–H and O–H groups in total. The van der Waals surface area contributed by atoms with Crippen LogP contribution in [0.1, 0.15) is 39.0 Å². The maximum Gasteiger partial charge on any atom is 0.0819 e. The first kappa shape index (κ1) is 14.7. The lowest BCUT2D eigenvalue weighted by molar-refractivity contribution is 0.00231. The number of halogens is 1. The zero-order valence-electron chi connectivity index (χ0n) is 11.5. The molecular formula is C15H23BrN2O. The van der Waals surface area contributed by atoms with Crippen molar-refractivity contribution in [3.8, 4) is 0 Å². The average Bonchev–Trinajstić information content (AvgIpc) is 2.41. The molecule has 0 heterocycles. The highest BCUT2D eigenvalue weighted by atomic mass is 79.9. The fraction of sp³-hybridized carbons (Fsp3) is 0.600. The van der Waals surface area contributed by atoms with Gasteiger partial charge in [0.1, 0.15) is 0 Å². The van der Waals surface area contributed by atoms with E-state index in [1.807, 2.05) is 18.2 Å². The SMILES string of the molecule is CCC1CCC(O)(CNc2cc(Br)ccc2N)CC1. The van der Waals surface area contributed by atoms with Crippen LogP contribution >= 0.6 is 15.9 Å². The van der Waals surface area contributed by atoms with Crippen LogP contribution in [0, 0.1) is 5.92 Å². The van der Waals surface area contributed by atoms with Crippen LogP contribution in [0.3, 0.4) is 0 Å². The summed E-state index contributed by atoms with van der Waals surface area (Å²) in [5, 5.41) is 13.9. The highest BCUT2D eigenvalue weighted by molar-refractivity contribution is 9.10. The maximum absolute atomic E-state index is 10.6. The number of nitrogens with one attached hydrogen (secondary N) is 1. The van der Waals surface area contributed by atoms with Gasteiger partial charge in [0.2, 0.25) is 0 Å². The van der Waals surface area contributed by atoms with E-state index in [-0.39, 0.29) is 0 Å². The third-order valence-electron chi connectivity index (χ3n) is 4.24. The van der Waals surface area contributed by atoms with Gasteiger partial charge in [0.25, 0.3) is 0 Å². The zero-order chi connectivity index (χ0) is 13.9. The second-order valence-electron chi connectivity index (χ2n) is 5.66. The summed E-state index contributed by atoms with van der Waals surface area (Å²) in [4.78, 5) is 0. The number of anilines is 2. The Hall–Kier alpha value is -0.740. The van der Waals surface area contributed by atoms with Gasteiger partial charge in [0.15, 0.2) is 0 Å². The largest absolute Gasteiger partial charge is 0.397 e. The number of hydrogen-bond donors (Lipinski definition) is 3. The van der Waals surface area contributed by atoms with Gasteiger partial charge in [-0.25, -0.2) is 0 Å². The Kier molecular flexibility index (Phi) is 4.74. The molecule has 1 saturated carbocycles. The summed E-state index contributed by atoms with van der Waals surface area (Å²) in [5.74, 6) is 0.788. The van der Waals surface area contributed by atoms with Gasteiger partial charge in [0.05, 0.1) is 17.0 Å². The van der Waals surface area contributed by atoms with Crippen LogP contribution in [0.4, 0.5) is 11.4 Å². The lowest BCUT2D eigenvalue weighted by atomic mass is 9.78. The predicted octanol–water partition coefficient (Wildman–Crippen LogP) is 3.77. The second kappa shape index (κ2) is 6.14. The Labute approximate surface area is 123 Å². The number of nitrogens with two attached hydrogens (primary N) is 1. The van der Waals surface area contributed by atoms with E-state index in [9.17, 15) is 5.11 Å². The average molecular weight is 327 g/mol. The van der Waals surface area contributed by atoms with E-state index in [1.54, 1.807) is 0 Å². The van der Waals surface area contributed by atoms with Crippen LogP contribution in [-0.4, -0.2) is 17.3 Å². The topological polar surface area (TPSA) is 58.3 Å². The Bertz CT molecular complexity index is 428. The van der Waals surface area contributed by atoms with Crippen molar-refractivity contribution in [2.24, 2.45) is 5.92 Å². The third kappa shape index (κ3) is 3.86. The van der Waals surface area contributed by atoms with Gasteiger partial charge in [-0.15, -0.1) is 0 Å². The molecule has 0 radical (unpaired) electrons. The Morgan fingerprint density at radius 1 is 1.42 bits per heavy atom. The van der Waals surface area contributed by atoms with E-state index in [4.69, 9.17) is 5.73 Å². The summed E-state index contributed by atoms with van der Waals surface area (Å²) in [6, 6.07) is 5.74. The van der Waals surface area contributed by atoms with Crippen molar-refractivity contribution in [2.45, 2.75) is 44.6 Å². The lowest BCUT2D eigenvalue weighted by Crippen LogP contribution is -2.40. The quantitative estimate of drug-likeness (QED) is 0.738. The highest BCUT2D eigenvalue weighted by Gasteiger charge is 2.32. The summed E-state index contributed by atoms with van der Waals surface area (Å²) in [7, 11) is 0. The number of nitrogen functional groups attached to an aromatic ring is 1. The number of rotatable bonds is 4. The van der Waals surface area contributed by atoms with Gasteiger partial charge >= 0.3 is 0 Å². The smallest absolute Gasteiger partial charge is 0.0819 e. The molecule has 0 aliphatic heterocycles. The number of hydrogen-bond acceptors (Lipinski definition) is 3. The van der Waals surface area contributed by atoms with Crippen LogP contribution < -0.4 is 11.1 Å². The van der Waals surface area contributed by atoms with Crippen LogP contribution in [0.25, 0.3) is 0 Å². The van der Waals surface area contributed by atoms with E-state index in [2.05, 4.69) is 28.2 Å². The van der Waals surface area contributed by atoms with Crippen LogP contribution in [0.5, 0.6) is 0 Å². The van der Waals surface area contributed by atoms with Gasteiger partial charge in [-0.1, -0.05) is 29.3 Å². The van der Waals surface area contributed by atoms with Crippen LogP contribution in [-0.2, 0) is 0 Å². The van der Waals surface area contributed by atoms with Crippen molar-refractivity contribution in [1.82, 2.24) is 0 Å². The molecule has 1 aliphatic carbocycles. The van der Waals surface area contributed by atoms with Gasteiger partial charge in [-0.3, -0.25) is 0 Å². The van der Waals surface area contributed by atoms with Gasteiger partial charge in [0, 0.05) is 11.0 Å². The number of aliphatic hydroxyl groups is 1. The van der Waals surface area contributed by atoms with Crippen molar-refractivity contribution in [3.63, 3.8) is 0 Å². The second-order valence-corrected chi connectivity index (χ2v) is 6.58. The molecule has 0 atom stereocenters. The normalized spacial score (nSPS) is 27.2. The minimum absolute atomic E-state index is 0.573. The molecule has 106 valence electrons. The molecule has 19 heavy (non-hydrogen) atoms. The molecule has 1 aliphatic rings. The van der Waals surface area contributed by atoms with Gasteiger partial charge in [-0.2, -0.15) is 0 Å². The van der Waals surface area contributed by atoms with Gasteiger partial charge in [-0.05, 0) is 49.8 Å². The zero-order valence-corrected chi connectivity index (χ0v) is 13.0. The van der Waals surface area contributed by atoms with Crippen molar-refractivity contribution >= 4 is 27.3 Å². The Balaban J connectivity index is 1.93. The molecule has 4 heteroatoms. The molecule has 1 aromatic carbocycles. The van der Waals surface area contributed by atoms with E-state index < -0.39 is 5.60 Å². The molecule has 0 spiro atoms. The van der Waals surface area contributed by atoms with E-state index in [0.29, 0.717) is 12.2 Å². The first-order valence-electron chi connectivity index (χ1n) is 7.04. The van der Waals surface area contributed by atoms with Crippen LogP contribution in [0.15, 0.2) is 22.7 Å². The van der Waals surface area contributed by atoms with Crippen molar-refractivity contribution in [3.05, 3.63) is 22.7 Å². The summed E-state index contributed by atoms with van der Waals surface area (Å²) >= 11 is 3.43. The Morgan fingerprint density at radius 3 is 2.74 bits per heavy atom. The molecule has 0 saturated heterocycles.